The van der Waals surface area contributed by atoms with E-state index in [4.69, 9.17) is 19.2 Å². The Balaban J connectivity index is 1.70. The van der Waals surface area contributed by atoms with Gasteiger partial charge in [0.2, 0.25) is 0 Å². The molecule has 0 amide bonds. The van der Waals surface area contributed by atoms with Crippen LogP contribution in [0, 0.1) is 0 Å². The van der Waals surface area contributed by atoms with Crippen LogP contribution in [0.4, 0.5) is 0 Å². The van der Waals surface area contributed by atoms with E-state index in [-0.39, 0.29) is 0 Å². The Morgan fingerprint density at radius 3 is 2.65 bits per heavy atom. The molecular formula is C28H26N2O4. The van der Waals surface area contributed by atoms with Crippen molar-refractivity contribution in [3.63, 3.8) is 0 Å². The quantitative estimate of drug-likeness (QED) is 0.349. The SMILES string of the molecule is CCOC1(n2ccc3c(-c4ccc(OC)c(OC)c4)ccnc32)C=Cc2ccccc2C1C=O. The Morgan fingerprint density at radius 2 is 1.88 bits per heavy atom. The topological polar surface area (TPSA) is 62.6 Å². The molecule has 2 aromatic carbocycles. The maximum Gasteiger partial charge on any atom is 0.179 e. The zero-order valence-corrected chi connectivity index (χ0v) is 19.4. The van der Waals surface area contributed by atoms with Gasteiger partial charge in [0.15, 0.2) is 17.2 Å². The smallest absolute Gasteiger partial charge is 0.179 e. The highest BCUT2D eigenvalue weighted by atomic mass is 16.5. The number of pyridine rings is 1. The molecule has 4 aromatic rings. The lowest BCUT2D eigenvalue weighted by molar-refractivity contribution is -0.124. The van der Waals surface area contributed by atoms with Crippen molar-refractivity contribution in [2.45, 2.75) is 18.6 Å². The van der Waals surface area contributed by atoms with E-state index in [9.17, 15) is 4.79 Å². The van der Waals surface area contributed by atoms with Gasteiger partial charge in [-0.2, -0.15) is 0 Å². The van der Waals surface area contributed by atoms with Crippen LogP contribution in [0.5, 0.6) is 11.5 Å². The van der Waals surface area contributed by atoms with Crippen molar-refractivity contribution < 1.29 is 19.0 Å². The molecule has 0 radical (unpaired) electrons. The monoisotopic (exact) mass is 454 g/mol. The third-order valence-corrected chi connectivity index (χ3v) is 6.45. The zero-order valence-electron chi connectivity index (χ0n) is 19.4. The number of methoxy groups -OCH3 is 2. The van der Waals surface area contributed by atoms with Gasteiger partial charge in [0.25, 0.3) is 0 Å². The highest BCUT2D eigenvalue weighted by Crippen LogP contribution is 2.44. The van der Waals surface area contributed by atoms with Crippen molar-refractivity contribution in [1.82, 2.24) is 9.55 Å². The fourth-order valence-corrected chi connectivity index (χ4v) is 4.90. The summed E-state index contributed by atoms with van der Waals surface area (Å²) in [7, 11) is 3.24. The molecule has 2 aromatic heterocycles. The van der Waals surface area contributed by atoms with Crippen molar-refractivity contribution >= 4 is 23.4 Å². The first-order chi connectivity index (χ1) is 16.7. The fraction of sp³-hybridized carbons (Fsp3) is 0.214. The number of aldehydes is 1. The van der Waals surface area contributed by atoms with Crippen LogP contribution in [-0.4, -0.2) is 36.7 Å². The van der Waals surface area contributed by atoms with Gasteiger partial charge in [-0.1, -0.05) is 36.4 Å². The number of fused-ring (bicyclic) bond motifs is 2. The molecule has 2 heterocycles. The minimum atomic E-state index is -1.02. The molecule has 6 nitrogen and oxygen atoms in total. The van der Waals surface area contributed by atoms with Crippen LogP contribution in [0.3, 0.4) is 0 Å². The molecule has 0 spiro atoms. The average Bonchev–Trinajstić information content (AvgIpc) is 3.33. The molecule has 2 atom stereocenters. The Bertz CT molecular complexity index is 1390. The van der Waals surface area contributed by atoms with E-state index in [0.29, 0.717) is 18.1 Å². The molecule has 0 saturated heterocycles. The molecule has 5 rings (SSSR count). The van der Waals surface area contributed by atoms with Crippen LogP contribution in [0.25, 0.3) is 28.2 Å². The number of carbonyl (C=O) groups excluding carboxylic acids is 1. The van der Waals surface area contributed by atoms with Crippen LogP contribution < -0.4 is 9.47 Å². The first kappa shape index (κ1) is 21.9. The van der Waals surface area contributed by atoms with Crippen molar-refractivity contribution in [2.75, 3.05) is 20.8 Å². The van der Waals surface area contributed by atoms with Crippen LogP contribution in [0.1, 0.15) is 24.0 Å². The van der Waals surface area contributed by atoms with Gasteiger partial charge in [0.1, 0.15) is 11.9 Å². The summed E-state index contributed by atoms with van der Waals surface area (Å²) in [6, 6.07) is 17.8. The van der Waals surface area contributed by atoms with Gasteiger partial charge in [-0.25, -0.2) is 4.98 Å². The molecule has 0 aliphatic heterocycles. The number of rotatable bonds is 7. The second kappa shape index (κ2) is 8.80. The van der Waals surface area contributed by atoms with E-state index in [0.717, 1.165) is 39.6 Å². The third-order valence-electron chi connectivity index (χ3n) is 6.45. The molecule has 1 aliphatic carbocycles. The predicted octanol–water partition coefficient (Wildman–Crippen LogP) is 5.42. The van der Waals surface area contributed by atoms with Crippen LogP contribution in [-0.2, 0) is 15.3 Å². The minimum Gasteiger partial charge on any atom is -0.493 e. The van der Waals surface area contributed by atoms with Crippen molar-refractivity contribution in [3.05, 3.63) is 84.2 Å². The van der Waals surface area contributed by atoms with Crippen LogP contribution >= 0.6 is 0 Å². The second-order valence-corrected chi connectivity index (χ2v) is 8.11. The highest BCUT2D eigenvalue weighted by molar-refractivity contribution is 5.94. The summed E-state index contributed by atoms with van der Waals surface area (Å²) < 4.78 is 19.2. The molecule has 1 aliphatic rings. The Kier molecular flexibility index (Phi) is 5.67. The van der Waals surface area contributed by atoms with E-state index in [1.807, 2.05) is 84.4 Å². The van der Waals surface area contributed by atoms with E-state index in [1.165, 1.54) is 0 Å². The maximum absolute atomic E-state index is 12.5. The Hall–Kier alpha value is -3.90. The predicted molar refractivity (Wildman–Crippen MR) is 132 cm³/mol. The molecule has 172 valence electrons. The van der Waals surface area contributed by atoms with Gasteiger partial charge in [-0.3, -0.25) is 4.57 Å². The summed E-state index contributed by atoms with van der Waals surface area (Å²) >= 11 is 0. The third kappa shape index (κ3) is 3.30. The van der Waals surface area contributed by atoms with E-state index in [2.05, 4.69) is 0 Å². The lowest BCUT2D eigenvalue weighted by Crippen LogP contribution is -2.43. The number of hydrogen-bond acceptors (Lipinski definition) is 5. The molecule has 6 heteroatoms. The van der Waals surface area contributed by atoms with E-state index in [1.54, 1.807) is 20.4 Å². The number of aromatic nitrogens is 2. The zero-order chi connectivity index (χ0) is 23.7. The average molecular weight is 455 g/mol. The number of nitrogens with zero attached hydrogens (tertiary/aromatic N) is 2. The van der Waals surface area contributed by atoms with Crippen LogP contribution in [0.15, 0.2) is 73.1 Å². The Labute approximate surface area is 198 Å². The summed E-state index contributed by atoms with van der Waals surface area (Å²) in [6.45, 7) is 2.37. The number of carbonyl (C=O) groups is 1. The maximum atomic E-state index is 12.5. The summed E-state index contributed by atoms with van der Waals surface area (Å²) in [5, 5.41) is 0.950. The van der Waals surface area contributed by atoms with Crippen molar-refractivity contribution in [2.24, 2.45) is 0 Å². The second-order valence-electron chi connectivity index (χ2n) is 8.11. The van der Waals surface area contributed by atoms with Crippen molar-refractivity contribution in [1.29, 1.82) is 0 Å². The molecule has 0 fully saturated rings. The van der Waals surface area contributed by atoms with Gasteiger partial charge < -0.3 is 19.0 Å². The molecule has 0 saturated carbocycles. The molecule has 0 bridgehead atoms. The number of benzene rings is 2. The lowest BCUT2D eigenvalue weighted by Gasteiger charge is -2.40. The molecule has 2 unspecified atom stereocenters. The molecule has 34 heavy (non-hydrogen) atoms. The fourth-order valence-electron chi connectivity index (χ4n) is 4.90. The standard InChI is InChI=1S/C28H26N2O4/c1-4-34-28(14-11-19-7-5-6-8-22(19)24(28)18-31)30-16-13-23-21(12-15-29-27(23)30)20-9-10-25(32-2)26(17-20)33-3/h5-18,24H,4H2,1-3H3. The minimum absolute atomic E-state index is 0.436. The lowest BCUT2D eigenvalue weighted by atomic mass is 9.81. The normalized spacial score (nSPS) is 19.1. The first-order valence-electron chi connectivity index (χ1n) is 11.2. The van der Waals surface area contributed by atoms with Crippen LogP contribution in [0.2, 0.25) is 0 Å². The van der Waals surface area contributed by atoms with E-state index < -0.39 is 11.6 Å². The summed E-state index contributed by atoms with van der Waals surface area (Å²) in [4.78, 5) is 17.2. The largest absolute Gasteiger partial charge is 0.493 e. The molecule has 0 N–H and O–H groups in total. The van der Waals surface area contributed by atoms with Gasteiger partial charge in [0.05, 0.1) is 20.1 Å². The van der Waals surface area contributed by atoms with Gasteiger partial charge in [0, 0.05) is 24.4 Å². The van der Waals surface area contributed by atoms with Crippen molar-refractivity contribution in [3.8, 4) is 22.6 Å². The Morgan fingerprint density at radius 1 is 1.06 bits per heavy atom. The van der Waals surface area contributed by atoms with E-state index >= 15 is 0 Å². The summed E-state index contributed by atoms with van der Waals surface area (Å²) in [6.07, 6.45) is 8.70. The number of hydrogen-bond donors (Lipinski definition) is 0. The molecular weight excluding hydrogens is 428 g/mol. The van der Waals surface area contributed by atoms with Gasteiger partial charge in [-0.05, 0) is 59.5 Å². The number of ether oxygens (including phenoxy) is 3. The summed E-state index contributed by atoms with van der Waals surface area (Å²) in [5.41, 5.74) is 3.65. The highest BCUT2D eigenvalue weighted by Gasteiger charge is 2.44. The first-order valence-corrected chi connectivity index (χ1v) is 11.2. The van der Waals surface area contributed by atoms with Gasteiger partial charge >= 0.3 is 0 Å². The van der Waals surface area contributed by atoms with Gasteiger partial charge in [-0.15, -0.1) is 0 Å². The summed E-state index contributed by atoms with van der Waals surface area (Å²) in [5.74, 6) is 0.808.